The lowest BCUT2D eigenvalue weighted by Crippen LogP contribution is -2.34. The zero-order valence-corrected chi connectivity index (χ0v) is 13.2. The van der Waals surface area contributed by atoms with Crippen LogP contribution in [-0.2, 0) is 26.9 Å². The van der Waals surface area contributed by atoms with E-state index in [9.17, 15) is 9.59 Å². The van der Waals surface area contributed by atoms with Gasteiger partial charge in [-0.25, -0.2) is 4.98 Å². The minimum Gasteiger partial charge on any atom is -0.347 e. The number of rotatable bonds is 1. The van der Waals surface area contributed by atoms with Gasteiger partial charge in [-0.3, -0.25) is 14.2 Å². The highest BCUT2D eigenvalue weighted by molar-refractivity contribution is 5.92. The summed E-state index contributed by atoms with van der Waals surface area (Å²) in [7, 11) is 3.60. The molecule has 0 aromatic carbocycles. The van der Waals surface area contributed by atoms with E-state index in [0.717, 1.165) is 11.3 Å². The fourth-order valence-corrected chi connectivity index (χ4v) is 2.92. The van der Waals surface area contributed by atoms with Crippen molar-refractivity contribution in [3.63, 3.8) is 0 Å². The van der Waals surface area contributed by atoms with Crippen LogP contribution in [-0.4, -0.2) is 38.0 Å². The van der Waals surface area contributed by atoms with Gasteiger partial charge in [0.2, 0.25) is 0 Å². The minimum atomic E-state index is 0.00820. The highest BCUT2D eigenvalue weighted by Crippen LogP contribution is 2.14. The summed E-state index contributed by atoms with van der Waals surface area (Å²) in [5.41, 5.74) is 2.26. The minimum absolute atomic E-state index is 0.00820. The molecule has 1 amide bonds. The Bertz CT molecular complexity index is 788. The van der Waals surface area contributed by atoms with E-state index in [1.54, 1.807) is 11.6 Å². The van der Waals surface area contributed by atoms with Gasteiger partial charge in [-0.05, 0) is 25.5 Å². The standard InChI is InChI=1S/C16H20N4O2/c1-11-17-13-7-10-20(9-6-12(13)15(21)19(11)3)16(22)14-5-4-8-18(14)2/h4-5,8H,6-7,9-10H2,1-3H3. The maximum Gasteiger partial charge on any atom is 0.270 e. The lowest BCUT2D eigenvalue weighted by atomic mass is 10.1. The van der Waals surface area contributed by atoms with E-state index in [4.69, 9.17) is 0 Å². The molecule has 0 bridgehead atoms. The predicted octanol–water partition coefficient (Wildman–Crippen LogP) is 0.668. The number of carbonyl (C=O) groups is 1. The molecule has 2 aromatic heterocycles. The zero-order chi connectivity index (χ0) is 15.9. The predicted molar refractivity (Wildman–Crippen MR) is 82.9 cm³/mol. The Hall–Kier alpha value is -2.37. The summed E-state index contributed by atoms with van der Waals surface area (Å²) in [4.78, 5) is 31.3. The van der Waals surface area contributed by atoms with Gasteiger partial charge < -0.3 is 9.47 Å². The van der Waals surface area contributed by atoms with Gasteiger partial charge in [-0.1, -0.05) is 0 Å². The first kappa shape index (κ1) is 14.6. The maximum atomic E-state index is 12.6. The van der Waals surface area contributed by atoms with Crippen molar-refractivity contribution in [2.75, 3.05) is 13.1 Å². The van der Waals surface area contributed by atoms with Crippen molar-refractivity contribution in [3.05, 3.63) is 51.5 Å². The smallest absolute Gasteiger partial charge is 0.270 e. The molecule has 0 fully saturated rings. The molecule has 1 aliphatic rings. The highest BCUT2D eigenvalue weighted by Gasteiger charge is 2.24. The maximum absolute atomic E-state index is 12.6. The van der Waals surface area contributed by atoms with E-state index < -0.39 is 0 Å². The Morgan fingerprint density at radius 1 is 1.23 bits per heavy atom. The average molecular weight is 300 g/mol. The van der Waals surface area contributed by atoms with Crippen molar-refractivity contribution in [1.29, 1.82) is 0 Å². The lowest BCUT2D eigenvalue weighted by Gasteiger charge is -2.20. The van der Waals surface area contributed by atoms with E-state index in [2.05, 4.69) is 4.98 Å². The third kappa shape index (κ3) is 2.34. The summed E-state index contributed by atoms with van der Waals surface area (Å²) in [5.74, 6) is 0.722. The van der Waals surface area contributed by atoms with Crippen molar-refractivity contribution in [2.45, 2.75) is 19.8 Å². The van der Waals surface area contributed by atoms with Crippen molar-refractivity contribution in [2.24, 2.45) is 14.1 Å². The molecule has 3 heterocycles. The van der Waals surface area contributed by atoms with Crippen LogP contribution in [0.25, 0.3) is 0 Å². The summed E-state index contributed by atoms with van der Waals surface area (Å²) in [6.45, 7) is 2.98. The number of fused-ring (bicyclic) bond motifs is 1. The molecule has 22 heavy (non-hydrogen) atoms. The second kappa shape index (κ2) is 5.44. The van der Waals surface area contributed by atoms with Crippen LogP contribution in [0.15, 0.2) is 23.1 Å². The summed E-state index contributed by atoms with van der Waals surface area (Å²) in [5, 5.41) is 0. The van der Waals surface area contributed by atoms with Gasteiger partial charge in [0.05, 0.1) is 5.69 Å². The van der Waals surface area contributed by atoms with Crippen molar-refractivity contribution in [3.8, 4) is 0 Å². The number of hydrogen-bond acceptors (Lipinski definition) is 3. The highest BCUT2D eigenvalue weighted by atomic mass is 16.2. The van der Waals surface area contributed by atoms with Gasteiger partial charge in [0.1, 0.15) is 11.5 Å². The van der Waals surface area contributed by atoms with Crippen molar-refractivity contribution >= 4 is 5.91 Å². The fourth-order valence-electron chi connectivity index (χ4n) is 2.92. The molecule has 6 heteroatoms. The van der Waals surface area contributed by atoms with Crippen LogP contribution in [0.1, 0.15) is 27.6 Å². The molecule has 2 aromatic rings. The Morgan fingerprint density at radius 2 is 1.95 bits per heavy atom. The average Bonchev–Trinajstić information content (AvgIpc) is 2.80. The summed E-state index contributed by atoms with van der Waals surface area (Å²) < 4.78 is 3.40. The molecule has 0 N–H and O–H groups in total. The Morgan fingerprint density at radius 3 is 2.64 bits per heavy atom. The molecule has 0 saturated heterocycles. The number of aromatic nitrogens is 3. The summed E-state index contributed by atoms with van der Waals surface area (Å²) in [6.07, 6.45) is 3.05. The van der Waals surface area contributed by atoms with Gasteiger partial charge in [0.15, 0.2) is 0 Å². The number of hydrogen-bond donors (Lipinski definition) is 0. The summed E-state index contributed by atoms with van der Waals surface area (Å²) >= 11 is 0. The monoisotopic (exact) mass is 300 g/mol. The second-order valence-corrected chi connectivity index (χ2v) is 5.74. The SMILES string of the molecule is Cc1nc2c(c(=O)n1C)CCN(C(=O)c1cccn1C)CC2. The Balaban J connectivity index is 1.88. The zero-order valence-electron chi connectivity index (χ0n) is 13.2. The quantitative estimate of drug-likeness (QED) is 0.777. The van der Waals surface area contributed by atoms with E-state index in [0.29, 0.717) is 37.4 Å². The Labute approximate surface area is 129 Å². The molecule has 0 unspecified atom stereocenters. The third-order valence-electron chi connectivity index (χ3n) is 4.39. The van der Waals surface area contributed by atoms with Crippen LogP contribution >= 0.6 is 0 Å². The van der Waals surface area contributed by atoms with Crippen molar-refractivity contribution < 1.29 is 4.79 Å². The topological polar surface area (TPSA) is 60.1 Å². The molecular formula is C16H20N4O2. The summed E-state index contributed by atoms with van der Waals surface area (Å²) in [6, 6.07) is 3.68. The van der Waals surface area contributed by atoms with Crippen LogP contribution < -0.4 is 5.56 Å². The van der Waals surface area contributed by atoms with Crippen LogP contribution in [0.2, 0.25) is 0 Å². The molecule has 0 aliphatic carbocycles. The van der Waals surface area contributed by atoms with Gasteiger partial charge in [-0.15, -0.1) is 0 Å². The van der Waals surface area contributed by atoms with Crippen molar-refractivity contribution in [1.82, 2.24) is 19.0 Å². The molecule has 0 spiro atoms. The normalized spacial score (nSPS) is 14.6. The van der Waals surface area contributed by atoms with Crippen LogP contribution in [0.3, 0.4) is 0 Å². The van der Waals surface area contributed by atoms with Crippen LogP contribution in [0, 0.1) is 6.92 Å². The molecule has 0 atom stereocenters. The number of amides is 1. The van der Waals surface area contributed by atoms with E-state index in [1.165, 1.54) is 0 Å². The molecule has 116 valence electrons. The lowest BCUT2D eigenvalue weighted by molar-refractivity contribution is 0.0753. The molecule has 6 nitrogen and oxygen atoms in total. The third-order valence-corrected chi connectivity index (χ3v) is 4.39. The Kier molecular flexibility index (Phi) is 3.60. The number of carbonyl (C=O) groups excluding carboxylic acids is 1. The molecule has 3 rings (SSSR count). The molecular weight excluding hydrogens is 280 g/mol. The van der Waals surface area contributed by atoms with E-state index >= 15 is 0 Å². The number of nitrogens with zero attached hydrogens (tertiary/aromatic N) is 4. The molecule has 1 aliphatic heterocycles. The fraction of sp³-hybridized carbons (Fsp3) is 0.438. The van der Waals surface area contributed by atoms with Crippen LogP contribution in [0.4, 0.5) is 0 Å². The first-order valence-electron chi connectivity index (χ1n) is 7.45. The molecule has 0 saturated carbocycles. The van der Waals surface area contributed by atoms with E-state index in [-0.39, 0.29) is 11.5 Å². The number of aryl methyl sites for hydroxylation is 2. The van der Waals surface area contributed by atoms with Gasteiger partial charge >= 0.3 is 0 Å². The van der Waals surface area contributed by atoms with Gasteiger partial charge in [0.25, 0.3) is 11.5 Å². The van der Waals surface area contributed by atoms with Gasteiger partial charge in [-0.2, -0.15) is 0 Å². The van der Waals surface area contributed by atoms with Gasteiger partial charge in [0, 0.05) is 45.4 Å². The first-order chi connectivity index (χ1) is 10.5. The second-order valence-electron chi connectivity index (χ2n) is 5.74. The largest absolute Gasteiger partial charge is 0.347 e. The van der Waals surface area contributed by atoms with Crippen LogP contribution in [0.5, 0.6) is 0 Å². The van der Waals surface area contributed by atoms with E-state index in [1.807, 2.05) is 41.8 Å². The first-order valence-corrected chi connectivity index (χ1v) is 7.45. The molecule has 0 radical (unpaired) electrons.